The standard InChI is InChI=1S/C14H26N4/c1-4-18-11-8-15-14(18)12-16(2)10-7-13-6-5-9-17(13)3/h8,11,13H,4-7,9-10,12H2,1-3H3/t13-/m1/s1. The molecule has 1 aliphatic heterocycles. The van der Waals surface area contributed by atoms with Crippen LogP contribution in [0.3, 0.4) is 0 Å². The fraction of sp³-hybridized carbons (Fsp3) is 0.786. The Labute approximate surface area is 111 Å². The Morgan fingerprint density at radius 3 is 3.00 bits per heavy atom. The summed E-state index contributed by atoms with van der Waals surface area (Å²) in [5.41, 5.74) is 0. The third-order valence-electron chi connectivity index (χ3n) is 4.07. The van der Waals surface area contributed by atoms with Crippen LogP contribution in [0.25, 0.3) is 0 Å². The van der Waals surface area contributed by atoms with Gasteiger partial charge in [-0.3, -0.25) is 4.90 Å². The number of likely N-dealkylation sites (tertiary alicyclic amines) is 1. The van der Waals surface area contributed by atoms with E-state index < -0.39 is 0 Å². The van der Waals surface area contributed by atoms with Crippen LogP contribution < -0.4 is 0 Å². The minimum atomic E-state index is 0.790. The molecule has 0 bridgehead atoms. The molecule has 0 unspecified atom stereocenters. The van der Waals surface area contributed by atoms with E-state index in [-0.39, 0.29) is 0 Å². The van der Waals surface area contributed by atoms with Crippen molar-refractivity contribution in [2.75, 3.05) is 27.2 Å². The minimum Gasteiger partial charge on any atom is -0.334 e. The van der Waals surface area contributed by atoms with Gasteiger partial charge in [-0.1, -0.05) is 0 Å². The van der Waals surface area contributed by atoms with Crippen molar-refractivity contribution in [3.63, 3.8) is 0 Å². The maximum Gasteiger partial charge on any atom is 0.122 e. The van der Waals surface area contributed by atoms with Crippen LogP contribution in [0.1, 0.15) is 32.0 Å². The Bertz CT molecular complexity index is 360. The number of rotatable bonds is 6. The van der Waals surface area contributed by atoms with E-state index >= 15 is 0 Å². The first kappa shape index (κ1) is 13.6. The molecule has 1 aromatic heterocycles. The van der Waals surface area contributed by atoms with Crippen molar-refractivity contribution in [3.05, 3.63) is 18.2 Å². The topological polar surface area (TPSA) is 24.3 Å². The summed E-state index contributed by atoms with van der Waals surface area (Å²) < 4.78 is 2.22. The van der Waals surface area contributed by atoms with Crippen LogP contribution in [0.5, 0.6) is 0 Å². The molecule has 2 heterocycles. The molecule has 1 fully saturated rings. The molecule has 0 aromatic carbocycles. The van der Waals surface area contributed by atoms with Gasteiger partial charge < -0.3 is 9.47 Å². The highest BCUT2D eigenvalue weighted by Crippen LogP contribution is 2.18. The van der Waals surface area contributed by atoms with Crippen LogP contribution in [0.15, 0.2) is 12.4 Å². The van der Waals surface area contributed by atoms with Crippen molar-refractivity contribution in [2.45, 2.75) is 45.3 Å². The number of aryl methyl sites for hydroxylation is 1. The summed E-state index contributed by atoms with van der Waals surface area (Å²) in [5.74, 6) is 1.18. The van der Waals surface area contributed by atoms with E-state index in [9.17, 15) is 0 Å². The van der Waals surface area contributed by atoms with E-state index in [2.05, 4.69) is 46.6 Å². The predicted octanol–water partition coefficient (Wildman–Crippen LogP) is 1.82. The summed E-state index contributed by atoms with van der Waals surface area (Å²) >= 11 is 0. The molecular formula is C14H26N4. The third kappa shape index (κ3) is 3.33. The summed E-state index contributed by atoms with van der Waals surface area (Å²) in [6, 6.07) is 0.790. The van der Waals surface area contributed by atoms with Crippen molar-refractivity contribution in [2.24, 2.45) is 0 Å². The lowest BCUT2D eigenvalue weighted by atomic mass is 10.1. The van der Waals surface area contributed by atoms with Gasteiger partial charge in [0.15, 0.2) is 0 Å². The van der Waals surface area contributed by atoms with Gasteiger partial charge in [0.05, 0.1) is 6.54 Å². The normalized spacial score (nSPS) is 21.0. The molecule has 0 saturated carbocycles. The van der Waals surface area contributed by atoms with Crippen LogP contribution in [0.2, 0.25) is 0 Å². The van der Waals surface area contributed by atoms with Gasteiger partial charge in [-0.15, -0.1) is 0 Å². The number of hydrogen-bond donors (Lipinski definition) is 0. The molecule has 1 saturated heterocycles. The van der Waals surface area contributed by atoms with Gasteiger partial charge in [-0.25, -0.2) is 4.98 Å². The van der Waals surface area contributed by atoms with Gasteiger partial charge in [0.2, 0.25) is 0 Å². The molecule has 0 spiro atoms. The smallest absolute Gasteiger partial charge is 0.122 e. The molecule has 1 atom stereocenters. The lowest BCUT2D eigenvalue weighted by Gasteiger charge is -2.23. The van der Waals surface area contributed by atoms with Gasteiger partial charge in [0.25, 0.3) is 0 Å². The molecule has 0 aliphatic carbocycles. The van der Waals surface area contributed by atoms with E-state index in [0.29, 0.717) is 0 Å². The van der Waals surface area contributed by atoms with Gasteiger partial charge in [0, 0.05) is 25.0 Å². The lowest BCUT2D eigenvalue weighted by Crippen LogP contribution is -2.30. The summed E-state index contributed by atoms with van der Waals surface area (Å²) in [6.45, 7) is 6.56. The van der Waals surface area contributed by atoms with Crippen molar-refractivity contribution in [3.8, 4) is 0 Å². The van der Waals surface area contributed by atoms with Crippen molar-refractivity contribution >= 4 is 0 Å². The monoisotopic (exact) mass is 250 g/mol. The molecule has 0 radical (unpaired) electrons. The SMILES string of the molecule is CCn1ccnc1CN(C)CC[C@H]1CCCN1C. The van der Waals surface area contributed by atoms with E-state index in [1.54, 1.807) is 0 Å². The van der Waals surface area contributed by atoms with Crippen LogP contribution in [-0.2, 0) is 13.1 Å². The average molecular weight is 250 g/mol. The molecule has 102 valence electrons. The van der Waals surface area contributed by atoms with Gasteiger partial charge in [0.1, 0.15) is 5.82 Å². The molecule has 4 heteroatoms. The highest BCUT2D eigenvalue weighted by Gasteiger charge is 2.20. The molecule has 1 aromatic rings. The number of nitrogens with zero attached hydrogens (tertiary/aromatic N) is 4. The maximum absolute atomic E-state index is 4.43. The molecule has 0 amide bonds. The maximum atomic E-state index is 4.43. The molecule has 0 N–H and O–H groups in total. The molecule has 18 heavy (non-hydrogen) atoms. The highest BCUT2D eigenvalue weighted by atomic mass is 15.2. The molecule has 1 aliphatic rings. The number of imidazole rings is 1. The van der Waals surface area contributed by atoms with E-state index in [0.717, 1.165) is 25.7 Å². The first-order valence-corrected chi connectivity index (χ1v) is 7.09. The zero-order valence-electron chi connectivity index (χ0n) is 12.0. The summed E-state index contributed by atoms with van der Waals surface area (Å²) in [5, 5.41) is 0. The Morgan fingerprint density at radius 2 is 2.33 bits per heavy atom. The van der Waals surface area contributed by atoms with Crippen LogP contribution in [0, 0.1) is 0 Å². The first-order chi connectivity index (χ1) is 8.70. The van der Waals surface area contributed by atoms with Gasteiger partial charge >= 0.3 is 0 Å². The zero-order chi connectivity index (χ0) is 13.0. The molecule has 2 rings (SSSR count). The van der Waals surface area contributed by atoms with Crippen LogP contribution in [0.4, 0.5) is 0 Å². The van der Waals surface area contributed by atoms with Crippen molar-refractivity contribution in [1.29, 1.82) is 0 Å². The molecular weight excluding hydrogens is 224 g/mol. The zero-order valence-corrected chi connectivity index (χ0v) is 12.0. The lowest BCUT2D eigenvalue weighted by molar-refractivity contribution is 0.241. The minimum absolute atomic E-state index is 0.790. The molecule has 4 nitrogen and oxygen atoms in total. The predicted molar refractivity (Wildman–Crippen MR) is 74.5 cm³/mol. The van der Waals surface area contributed by atoms with E-state index in [1.807, 2.05) is 6.20 Å². The second-order valence-electron chi connectivity index (χ2n) is 5.43. The van der Waals surface area contributed by atoms with Gasteiger partial charge in [-0.2, -0.15) is 0 Å². The Kier molecular flexibility index (Phi) is 4.78. The van der Waals surface area contributed by atoms with Crippen molar-refractivity contribution in [1.82, 2.24) is 19.4 Å². The Hall–Kier alpha value is -0.870. The second-order valence-corrected chi connectivity index (χ2v) is 5.43. The van der Waals surface area contributed by atoms with Crippen LogP contribution in [-0.4, -0.2) is 52.6 Å². The Balaban J connectivity index is 1.76. The van der Waals surface area contributed by atoms with E-state index in [4.69, 9.17) is 0 Å². The Morgan fingerprint density at radius 1 is 1.50 bits per heavy atom. The average Bonchev–Trinajstić information content (AvgIpc) is 2.95. The summed E-state index contributed by atoms with van der Waals surface area (Å²) in [7, 11) is 4.45. The third-order valence-corrected chi connectivity index (χ3v) is 4.07. The van der Waals surface area contributed by atoms with Crippen molar-refractivity contribution < 1.29 is 0 Å². The quantitative estimate of drug-likeness (QED) is 0.770. The van der Waals surface area contributed by atoms with E-state index in [1.165, 1.54) is 31.6 Å². The number of aromatic nitrogens is 2. The number of hydrogen-bond acceptors (Lipinski definition) is 3. The van der Waals surface area contributed by atoms with Crippen LogP contribution >= 0.6 is 0 Å². The largest absolute Gasteiger partial charge is 0.334 e. The van der Waals surface area contributed by atoms with Gasteiger partial charge in [-0.05, 0) is 53.4 Å². The summed E-state index contributed by atoms with van der Waals surface area (Å²) in [4.78, 5) is 9.32. The first-order valence-electron chi connectivity index (χ1n) is 7.09. The fourth-order valence-corrected chi connectivity index (χ4v) is 2.81. The summed E-state index contributed by atoms with van der Waals surface area (Å²) in [6.07, 6.45) is 7.98. The second kappa shape index (κ2) is 6.34. The fourth-order valence-electron chi connectivity index (χ4n) is 2.81. The highest BCUT2D eigenvalue weighted by molar-refractivity contribution is 4.92.